The predicted molar refractivity (Wildman–Crippen MR) is 229 cm³/mol. The van der Waals surface area contributed by atoms with Crippen LogP contribution in [0.25, 0.3) is 15.9 Å². The molecule has 4 aromatic rings. The van der Waals surface area contributed by atoms with Crippen molar-refractivity contribution in [3.63, 3.8) is 0 Å². The molecule has 5 heterocycles. The summed E-state index contributed by atoms with van der Waals surface area (Å²) in [5, 5.41) is 21.1. The zero-order valence-corrected chi connectivity index (χ0v) is 34.9. The van der Waals surface area contributed by atoms with Gasteiger partial charge in [0.2, 0.25) is 11.8 Å². The van der Waals surface area contributed by atoms with Crippen LogP contribution in [0.4, 0.5) is 11.4 Å². The average molecular weight is 816 g/mol. The molecule has 2 aromatic carbocycles. The van der Waals surface area contributed by atoms with Crippen molar-refractivity contribution in [3.8, 4) is 0 Å². The van der Waals surface area contributed by atoms with Gasteiger partial charge in [-0.25, -0.2) is 9.97 Å². The van der Waals surface area contributed by atoms with Gasteiger partial charge in [-0.1, -0.05) is 24.8 Å². The summed E-state index contributed by atoms with van der Waals surface area (Å²) in [6, 6.07) is 14.2. The molecule has 9 rings (SSSR count). The maximum Gasteiger partial charge on any atom is 0.274 e. The molecule has 12 nitrogen and oxygen atoms in total. The molecule has 59 heavy (non-hydrogen) atoms. The lowest BCUT2D eigenvalue weighted by Crippen LogP contribution is -2.63. The lowest BCUT2D eigenvalue weighted by molar-refractivity contribution is -0.136. The highest BCUT2D eigenvalue weighted by Gasteiger charge is 2.52. The Hall–Kier alpha value is -4.98. The number of aryl methyl sites for hydroxylation is 1. The van der Waals surface area contributed by atoms with Gasteiger partial charge in [0.05, 0.1) is 26.4 Å². The Bertz CT molecular complexity index is 2360. The van der Waals surface area contributed by atoms with E-state index < -0.39 is 17.6 Å². The molecule has 0 bridgehead atoms. The molecule has 2 saturated carbocycles. The number of likely N-dealkylation sites (tertiary alicyclic amines) is 1. The normalized spacial score (nSPS) is 23.3. The number of nitrogens with one attached hydrogen (secondary N) is 3. The highest BCUT2D eigenvalue weighted by molar-refractivity contribution is 7.18. The number of fused-ring (bicyclic) bond motifs is 2. The smallest absolute Gasteiger partial charge is 0.274 e. The van der Waals surface area contributed by atoms with Gasteiger partial charge < -0.3 is 20.6 Å². The number of nitrogens with zero attached hydrogens (tertiary/aromatic N) is 4. The molecule has 4 N–H and O–H groups in total. The van der Waals surface area contributed by atoms with E-state index in [0.29, 0.717) is 57.8 Å². The van der Waals surface area contributed by atoms with E-state index in [-0.39, 0.29) is 24.1 Å². The number of hydrogen-bond acceptors (Lipinski definition) is 10. The van der Waals surface area contributed by atoms with Gasteiger partial charge >= 0.3 is 0 Å². The SMILES string of the molecule is C=C1c2cccc(NCCC3CC4(C3)CN(CC3CCC(c5nc6cc(C(C)(C)O)c(NC(=O)c7cccc(C)n7)cc6s5)CC3)C4)c2C(=O)N1C1CCC(=O)NC1=O. The first-order valence-electron chi connectivity index (χ1n) is 21.1. The third kappa shape index (κ3) is 7.68. The van der Waals surface area contributed by atoms with Crippen molar-refractivity contribution in [1.29, 1.82) is 0 Å². The monoisotopic (exact) mass is 815 g/mol. The summed E-state index contributed by atoms with van der Waals surface area (Å²) in [5.41, 5.74) is 5.07. The van der Waals surface area contributed by atoms with Crippen molar-refractivity contribution >= 4 is 62.3 Å². The number of anilines is 2. The lowest BCUT2D eigenvalue weighted by atomic mass is 9.57. The maximum absolute atomic E-state index is 13.6. The first-order valence-corrected chi connectivity index (χ1v) is 21.9. The third-order valence-electron chi connectivity index (χ3n) is 13.3. The second-order valence-corrected chi connectivity index (χ2v) is 19.4. The van der Waals surface area contributed by atoms with Crippen LogP contribution in [0.1, 0.15) is 120 Å². The number of piperidine rings is 1. The van der Waals surface area contributed by atoms with Crippen molar-refractivity contribution in [2.45, 2.75) is 96.1 Å². The van der Waals surface area contributed by atoms with Crippen LogP contribution in [0.15, 0.2) is 55.1 Å². The Balaban J connectivity index is 0.730. The van der Waals surface area contributed by atoms with Crippen LogP contribution in [0.2, 0.25) is 0 Å². The summed E-state index contributed by atoms with van der Waals surface area (Å²) >= 11 is 1.70. The second-order valence-electron chi connectivity index (χ2n) is 18.3. The maximum atomic E-state index is 13.6. The Morgan fingerprint density at radius 1 is 1.00 bits per heavy atom. The number of aromatic nitrogens is 2. The first kappa shape index (κ1) is 39.5. The number of hydrogen-bond donors (Lipinski definition) is 4. The fourth-order valence-corrected chi connectivity index (χ4v) is 11.6. The van der Waals surface area contributed by atoms with Crippen molar-refractivity contribution < 1.29 is 24.3 Å². The summed E-state index contributed by atoms with van der Waals surface area (Å²) in [4.78, 5) is 64.6. The molecule has 2 saturated heterocycles. The molecule has 1 atom stereocenters. The van der Waals surface area contributed by atoms with Gasteiger partial charge in [-0.05, 0) is 120 Å². The van der Waals surface area contributed by atoms with Crippen molar-refractivity contribution in [2.24, 2.45) is 17.3 Å². The van der Waals surface area contributed by atoms with E-state index in [2.05, 4.69) is 32.4 Å². The van der Waals surface area contributed by atoms with E-state index in [1.807, 2.05) is 49.4 Å². The van der Waals surface area contributed by atoms with E-state index in [1.54, 1.807) is 31.3 Å². The summed E-state index contributed by atoms with van der Waals surface area (Å²) in [6.45, 7) is 13.8. The molecule has 2 aliphatic carbocycles. The molecule has 1 spiro atoms. The summed E-state index contributed by atoms with van der Waals surface area (Å²) in [6.07, 6.45) is 8.70. The highest BCUT2D eigenvalue weighted by Crippen LogP contribution is 2.53. The molecule has 0 radical (unpaired) electrons. The number of thiazole rings is 1. The van der Waals surface area contributed by atoms with Crippen molar-refractivity contribution in [1.82, 2.24) is 25.1 Å². The molecule has 13 heteroatoms. The molecule has 308 valence electrons. The van der Waals surface area contributed by atoms with E-state index in [0.717, 1.165) is 58.0 Å². The zero-order valence-electron chi connectivity index (χ0n) is 34.1. The van der Waals surface area contributed by atoms with Gasteiger partial charge in [-0.2, -0.15) is 0 Å². The van der Waals surface area contributed by atoms with Crippen LogP contribution in [0.3, 0.4) is 0 Å². The van der Waals surface area contributed by atoms with Crippen LogP contribution in [-0.4, -0.2) is 80.7 Å². The molecule has 2 aromatic heterocycles. The molecule has 1 unspecified atom stereocenters. The van der Waals surface area contributed by atoms with E-state index in [9.17, 15) is 24.3 Å². The van der Waals surface area contributed by atoms with Gasteiger partial charge in [-0.3, -0.25) is 29.4 Å². The van der Waals surface area contributed by atoms with E-state index >= 15 is 0 Å². The topological polar surface area (TPSA) is 157 Å². The van der Waals surface area contributed by atoms with Crippen LogP contribution < -0.4 is 16.0 Å². The average Bonchev–Trinajstić information content (AvgIpc) is 3.70. The zero-order chi connectivity index (χ0) is 41.2. The summed E-state index contributed by atoms with van der Waals surface area (Å²) in [5.74, 6) is 0.509. The minimum absolute atomic E-state index is 0.205. The molecule has 4 amide bonds. The Labute approximate surface area is 348 Å². The number of imide groups is 1. The molecule has 3 aliphatic heterocycles. The largest absolute Gasteiger partial charge is 0.386 e. The number of aliphatic hydroxyl groups is 1. The molecule has 4 fully saturated rings. The summed E-state index contributed by atoms with van der Waals surface area (Å²) < 4.78 is 1.01. The number of benzene rings is 2. The van der Waals surface area contributed by atoms with Gasteiger partial charge in [0, 0.05) is 72.4 Å². The standard InChI is InChI=1S/C46H53N7O5S/c1-26-7-5-10-34(48-26)41(55)49-35-20-38-36(19-32(35)45(3,4)58)50-43(59-38)30-13-11-28(12-14-30)23-52-24-46(25-52)21-29(22-46)17-18-47-33-9-6-8-31-27(2)53(44(57)40(31)33)37-15-16-39(54)51-42(37)56/h5-10,19-20,28-30,37,47,58H,2,11-18,21-25H2,1,3-4H3,(H,49,55)(H,51,54,56). The van der Waals surface area contributed by atoms with Crippen LogP contribution in [-0.2, 0) is 15.2 Å². The van der Waals surface area contributed by atoms with Gasteiger partial charge in [0.1, 0.15) is 11.7 Å². The number of carbonyl (C=O) groups is 4. The van der Waals surface area contributed by atoms with E-state index in [1.165, 1.54) is 50.2 Å². The second kappa shape index (κ2) is 15.2. The fraction of sp³-hybridized carbons (Fsp3) is 0.478. The third-order valence-corrected chi connectivity index (χ3v) is 14.5. The van der Waals surface area contributed by atoms with Crippen molar-refractivity contribution in [2.75, 3.05) is 36.8 Å². The Morgan fingerprint density at radius 3 is 2.49 bits per heavy atom. The minimum Gasteiger partial charge on any atom is -0.386 e. The highest BCUT2D eigenvalue weighted by atomic mass is 32.1. The van der Waals surface area contributed by atoms with Gasteiger partial charge in [0.15, 0.2) is 0 Å². The molecule has 5 aliphatic rings. The Kier molecular flexibility index (Phi) is 10.2. The van der Waals surface area contributed by atoms with Gasteiger partial charge in [-0.15, -0.1) is 11.3 Å². The minimum atomic E-state index is -1.17. The number of amides is 4. The van der Waals surface area contributed by atoms with Crippen LogP contribution >= 0.6 is 11.3 Å². The number of pyridine rings is 1. The quantitative estimate of drug-likeness (QED) is 0.115. The van der Waals surface area contributed by atoms with Gasteiger partial charge in [0.25, 0.3) is 11.8 Å². The molecular weight excluding hydrogens is 763 g/mol. The van der Waals surface area contributed by atoms with E-state index in [4.69, 9.17) is 4.98 Å². The fourth-order valence-electron chi connectivity index (χ4n) is 10.5. The number of rotatable bonds is 11. The van der Waals surface area contributed by atoms with Crippen molar-refractivity contribution in [3.05, 3.63) is 88.2 Å². The van der Waals surface area contributed by atoms with Crippen LogP contribution in [0.5, 0.6) is 0 Å². The lowest BCUT2D eigenvalue weighted by Gasteiger charge is -2.60. The molecular formula is C46H53N7O5S. The first-order chi connectivity index (χ1) is 28.2. The number of carbonyl (C=O) groups excluding carboxylic acids is 4. The Morgan fingerprint density at radius 2 is 1.76 bits per heavy atom. The summed E-state index contributed by atoms with van der Waals surface area (Å²) in [7, 11) is 0. The predicted octanol–water partition coefficient (Wildman–Crippen LogP) is 7.20. The van der Waals surface area contributed by atoms with Crippen LogP contribution in [0, 0.1) is 24.2 Å².